The molecule has 2 aromatic heterocycles. The van der Waals surface area contributed by atoms with Crippen LogP contribution in [-0.4, -0.2) is 62.1 Å². The Kier molecular flexibility index (Phi) is 7.55. The van der Waals surface area contributed by atoms with Gasteiger partial charge in [-0.2, -0.15) is 14.8 Å². The second-order valence-corrected chi connectivity index (χ2v) is 14.1. The number of aromatic nitrogens is 3. The summed E-state index contributed by atoms with van der Waals surface area (Å²) >= 11 is 0.886. The summed E-state index contributed by atoms with van der Waals surface area (Å²) < 4.78 is 26.4. The van der Waals surface area contributed by atoms with Gasteiger partial charge in [0.05, 0.1) is 41.7 Å². The molecule has 9 nitrogen and oxygen atoms in total. The third-order valence-corrected chi connectivity index (χ3v) is 11.8. The zero-order chi connectivity index (χ0) is 30.7. The van der Waals surface area contributed by atoms with Gasteiger partial charge < -0.3 is 14.6 Å². The van der Waals surface area contributed by atoms with Crippen LogP contribution in [-0.2, 0) is 25.5 Å². The van der Waals surface area contributed by atoms with Crippen molar-refractivity contribution in [2.24, 2.45) is 34.5 Å². The van der Waals surface area contributed by atoms with Gasteiger partial charge in [-0.1, -0.05) is 38.1 Å². The van der Waals surface area contributed by atoms with Crippen LogP contribution in [0.15, 0.2) is 30.1 Å². The molecule has 228 valence electrons. The molecule has 4 aliphatic rings. The molecule has 0 amide bonds. The number of nitrogens with zero attached hydrogens (tertiary/aromatic N) is 4. The van der Waals surface area contributed by atoms with Crippen LogP contribution in [0.1, 0.15) is 57.7 Å². The summed E-state index contributed by atoms with van der Waals surface area (Å²) in [6.07, 6.45) is 7.66. The lowest BCUT2D eigenvalue weighted by atomic mass is 9.44. The first kappa shape index (κ1) is 30.0. The van der Waals surface area contributed by atoms with Gasteiger partial charge in [0.15, 0.2) is 5.60 Å². The summed E-state index contributed by atoms with van der Waals surface area (Å²) in [5.41, 5.74) is 1.37. The molecule has 0 aliphatic heterocycles. The number of aliphatic hydroxyl groups is 1. The predicted molar refractivity (Wildman–Crippen MR) is 157 cm³/mol. The predicted octanol–water partition coefficient (Wildman–Crippen LogP) is 4.52. The minimum atomic E-state index is -1.44. The summed E-state index contributed by atoms with van der Waals surface area (Å²) in [6.45, 7) is 6.18. The number of rotatable bonds is 6. The Bertz CT molecular complexity index is 1520. The van der Waals surface area contributed by atoms with Crippen molar-refractivity contribution >= 4 is 28.9 Å². The van der Waals surface area contributed by atoms with Gasteiger partial charge in [-0.15, -0.1) is 0 Å². The summed E-state index contributed by atoms with van der Waals surface area (Å²) in [7, 11) is 1.40. The number of methoxy groups -OCH3 is 1. The maximum atomic E-state index is 13.8. The zero-order valence-electron chi connectivity index (χ0n) is 24.9. The van der Waals surface area contributed by atoms with Gasteiger partial charge in [0.25, 0.3) is 0 Å². The number of fused-ring (bicyclic) bond motifs is 6. The van der Waals surface area contributed by atoms with E-state index in [2.05, 4.69) is 30.0 Å². The molecule has 1 N–H and O–H groups in total. The van der Waals surface area contributed by atoms with E-state index in [4.69, 9.17) is 9.47 Å². The minimum absolute atomic E-state index is 0.0367. The molecule has 0 spiro atoms. The molecular formula is C32H37FN4O5S. The summed E-state index contributed by atoms with van der Waals surface area (Å²) in [4.78, 5) is 30.4. The fraction of sp³-hybridized carbons (Fsp3) is 0.594. The highest BCUT2D eigenvalue weighted by Gasteiger charge is 2.71. The largest absolute Gasteiger partial charge is 0.448 e. The molecule has 0 aromatic carbocycles. The quantitative estimate of drug-likeness (QED) is 0.372. The monoisotopic (exact) mass is 608 g/mol. The van der Waals surface area contributed by atoms with Crippen LogP contribution in [0.5, 0.6) is 0 Å². The topological polar surface area (TPSA) is 127 Å². The van der Waals surface area contributed by atoms with E-state index in [-0.39, 0.29) is 46.6 Å². The van der Waals surface area contributed by atoms with E-state index in [0.29, 0.717) is 31.4 Å². The number of nitriles is 1. The van der Waals surface area contributed by atoms with Crippen LogP contribution in [0.4, 0.5) is 4.39 Å². The molecule has 3 fully saturated rings. The summed E-state index contributed by atoms with van der Waals surface area (Å²) in [6, 6.07) is 5.00. The standard InChI is InChI=1S/C32H37FN4O5S/c1-18-11-21-22-7-8-32(29(40)43-10-9-34,42-27(39)17-41-4)31(22,3)14-25(38)28(21)30(2)13-19-15-36-37(24(19)12-23(18)30)20-5-6-26(33)35-16-20/h5-6,12,15-16,18,21-22,25,28,38H,7-8,10-11,13-14,17H2,1-4H3/t18-,21-,22-,25-,28+,30-,31-,32-/m0/s1. The first-order valence-electron chi connectivity index (χ1n) is 14.8. The average Bonchev–Trinajstić information content (AvgIpc) is 3.49. The number of ether oxygens (including phenoxy) is 2. The van der Waals surface area contributed by atoms with Gasteiger partial charge in [0, 0.05) is 12.5 Å². The number of hydrogen-bond acceptors (Lipinski definition) is 9. The highest BCUT2D eigenvalue weighted by atomic mass is 32.2. The van der Waals surface area contributed by atoms with Crippen molar-refractivity contribution in [1.29, 1.82) is 5.26 Å². The lowest BCUT2D eigenvalue weighted by molar-refractivity contribution is -0.199. The van der Waals surface area contributed by atoms with Crippen LogP contribution in [0, 0.1) is 51.8 Å². The molecular weight excluding hydrogens is 571 g/mol. The minimum Gasteiger partial charge on any atom is -0.448 e. The number of halogens is 1. The van der Waals surface area contributed by atoms with Gasteiger partial charge in [0.2, 0.25) is 11.1 Å². The fourth-order valence-electron chi connectivity index (χ4n) is 9.41. The van der Waals surface area contributed by atoms with Gasteiger partial charge in [-0.25, -0.2) is 14.5 Å². The van der Waals surface area contributed by atoms with Crippen LogP contribution >= 0.6 is 11.8 Å². The van der Waals surface area contributed by atoms with Crippen LogP contribution in [0.25, 0.3) is 11.8 Å². The zero-order valence-corrected chi connectivity index (χ0v) is 25.7. The molecule has 0 saturated heterocycles. The Morgan fingerprint density at radius 3 is 2.79 bits per heavy atom. The van der Waals surface area contributed by atoms with Gasteiger partial charge in [-0.3, -0.25) is 4.79 Å². The summed E-state index contributed by atoms with van der Waals surface area (Å²) in [5, 5.41) is 25.6. The van der Waals surface area contributed by atoms with E-state index in [1.54, 1.807) is 10.7 Å². The molecule has 8 atom stereocenters. The lowest BCUT2D eigenvalue weighted by Crippen LogP contribution is -2.63. The maximum Gasteiger partial charge on any atom is 0.333 e. The van der Waals surface area contributed by atoms with E-state index < -0.39 is 29.0 Å². The first-order valence-corrected chi connectivity index (χ1v) is 15.8. The SMILES string of the molecule is COCC(=O)O[C@]1(C(=O)SCC#N)CC[C@H]2[C@@H]3C[C@H](C)C4=Cc5c(cnn5-c5ccc(F)nc5)C[C@]4(C)[C@H]3[C@@H](O)C[C@@]21C. The Labute approximate surface area is 254 Å². The van der Waals surface area contributed by atoms with Crippen molar-refractivity contribution in [3.8, 4) is 11.8 Å². The molecule has 4 aliphatic carbocycles. The molecule has 3 saturated carbocycles. The highest BCUT2D eigenvalue weighted by molar-refractivity contribution is 8.14. The molecule has 0 unspecified atom stereocenters. The van der Waals surface area contributed by atoms with E-state index in [1.807, 2.05) is 19.2 Å². The number of carbonyl (C=O) groups is 2. The molecule has 2 heterocycles. The molecule has 0 radical (unpaired) electrons. The number of thioether (sulfide) groups is 1. The van der Waals surface area contributed by atoms with Crippen molar-refractivity contribution in [3.63, 3.8) is 0 Å². The van der Waals surface area contributed by atoms with Crippen molar-refractivity contribution < 1.29 is 28.6 Å². The number of aliphatic hydroxyl groups excluding tert-OH is 1. The van der Waals surface area contributed by atoms with Crippen molar-refractivity contribution in [2.45, 2.75) is 64.6 Å². The Morgan fingerprint density at radius 2 is 2.09 bits per heavy atom. The highest BCUT2D eigenvalue weighted by Crippen LogP contribution is 2.69. The number of pyridine rings is 1. The smallest absolute Gasteiger partial charge is 0.333 e. The molecule has 11 heteroatoms. The second-order valence-electron chi connectivity index (χ2n) is 13.1. The number of hydrogen-bond donors (Lipinski definition) is 1. The van der Waals surface area contributed by atoms with Crippen molar-refractivity contribution in [1.82, 2.24) is 14.8 Å². The molecule has 2 aromatic rings. The second kappa shape index (κ2) is 10.8. The maximum absolute atomic E-state index is 13.8. The van der Waals surface area contributed by atoms with Crippen LogP contribution in [0.3, 0.4) is 0 Å². The van der Waals surface area contributed by atoms with Gasteiger partial charge in [0.1, 0.15) is 6.61 Å². The Morgan fingerprint density at radius 1 is 1.30 bits per heavy atom. The van der Waals surface area contributed by atoms with Gasteiger partial charge in [-0.05, 0) is 85.0 Å². The van der Waals surface area contributed by atoms with Crippen LogP contribution in [0.2, 0.25) is 0 Å². The lowest BCUT2D eigenvalue weighted by Gasteiger charge is -2.61. The van der Waals surface area contributed by atoms with Gasteiger partial charge >= 0.3 is 5.97 Å². The average molecular weight is 609 g/mol. The van der Waals surface area contributed by atoms with E-state index >= 15 is 0 Å². The third-order valence-electron chi connectivity index (χ3n) is 11.0. The number of esters is 1. The van der Waals surface area contributed by atoms with E-state index in [0.717, 1.165) is 29.4 Å². The molecule has 0 bridgehead atoms. The Balaban J connectivity index is 1.37. The fourth-order valence-corrected chi connectivity index (χ4v) is 10.2. The Hall–Kier alpha value is -3.07. The molecule has 6 rings (SSSR count). The summed E-state index contributed by atoms with van der Waals surface area (Å²) in [5.74, 6) is -0.934. The number of carbonyl (C=O) groups excluding carboxylic acids is 2. The normalized spacial score (nSPS) is 35.9. The van der Waals surface area contributed by atoms with Crippen LogP contribution < -0.4 is 0 Å². The first-order chi connectivity index (χ1) is 20.5. The van der Waals surface area contributed by atoms with E-state index in [9.17, 15) is 24.3 Å². The third kappa shape index (κ3) is 4.47. The van der Waals surface area contributed by atoms with Crippen molar-refractivity contribution in [3.05, 3.63) is 47.3 Å². The number of allylic oxidation sites excluding steroid dienone is 1. The van der Waals surface area contributed by atoms with Crippen molar-refractivity contribution in [2.75, 3.05) is 19.5 Å². The molecule has 43 heavy (non-hydrogen) atoms. The van der Waals surface area contributed by atoms with E-state index in [1.165, 1.54) is 24.9 Å².